The molecule has 2 aromatic rings. The molecule has 2 fully saturated rings. The highest BCUT2D eigenvalue weighted by Crippen LogP contribution is 2.16. The van der Waals surface area contributed by atoms with E-state index in [9.17, 15) is 4.79 Å². The third kappa shape index (κ3) is 5.38. The smallest absolute Gasteiger partial charge is 0.270 e. The van der Waals surface area contributed by atoms with Crippen LogP contribution in [0.3, 0.4) is 0 Å². The molecule has 0 spiro atoms. The zero-order valence-corrected chi connectivity index (χ0v) is 17.0. The van der Waals surface area contributed by atoms with Crippen molar-refractivity contribution in [1.29, 1.82) is 0 Å². The Hall–Kier alpha value is -1.80. The van der Waals surface area contributed by atoms with Crippen molar-refractivity contribution in [1.82, 2.24) is 20.1 Å². The number of rotatable bonds is 7. The molecule has 0 aliphatic carbocycles. The Morgan fingerprint density at radius 3 is 2.61 bits per heavy atom. The summed E-state index contributed by atoms with van der Waals surface area (Å²) >= 11 is 1.57. The van der Waals surface area contributed by atoms with Gasteiger partial charge < -0.3 is 10.1 Å². The van der Waals surface area contributed by atoms with Crippen molar-refractivity contribution in [3.05, 3.63) is 52.0 Å². The number of benzene rings is 1. The average Bonchev–Trinajstić information content (AvgIpc) is 3.41. The molecule has 6 nitrogen and oxygen atoms in total. The number of amides is 1. The minimum absolute atomic E-state index is 0.0920. The van der Waals surface area contributed by atoms with E-state index < -0.39 is 0 Å². The van der Waals surface area contributed by atoms with Gasteiger partial charge in [-0.05, 0) is 18.4 Å². The number of hydrogen-bond donors (Lipinski definition) is 1. The summed E-state index contributed by atoms with van der Waals surface area (Å²) in [5.74, 6) is -0.0920. The summed E-state index contributed by atoms with van der Waals surface area (Å²) in [6.07, 6.45) is 2.27. The summed E-state index contributed by atoms with van der Waals surface area (Å²) in [6.45, 7) is 7.42. The van der Waals surface area contributed by atoms with E-state index in [2.05, 4.69) is 50.4 Å². The van der Waals surface area contributed by atoms with Crippen LogP contribution in [0.4, 0.5) is 0 Å². The first kappa shape index (κ1) is 19.5. The summed E-state index contributed by atoms with van der Waals surface area (Å²) in [4.78, 5) is 21.8. The van der Waals surface area contributed by atoms with Gasteiger partial charge in [-0.2, -0.15) is 0 Å². The molecule has 0 unspecified atom stereocenters. The Morgan fingerprint density at radius 2 is 1.89 bits per heavy atom. The molecule has 28 heavy (non-hydrogen) atoms. The van der Waals surface area contributed by atoms with Crippen molar-refractivity contribution in [2.75, 3.05) is 39.3 Å². The van der Waals surface area contributed by atoms with Crippen molar-refractivity contribution in [2.45, 2.75) is 32.0 Å². The number of carbonyl (C=O) groups is 1. The Bertz CT molecular complexity index is 753. The fourth-order valence-electron chi connectivity index (χ4n) is 3.73. The predicted octanol–water partition coefficient (Wildman–Crippen LogP) is 2.37. The van der Waals surface area contributed by atoms with Crippen molar-refractivity contribution in [3.8, 4) is 0 Å². The highest BCUT2D eigenvalue weighted by molar-refractivity contribution is 7.09. The van der Waals surface area contributed by atoms with Crippen LogP contribution in [0, 0.1) is 0 Å². The SMILES string of the molecule is O=C(NC[C@H]1CCCO1)c1csc(CN2CCN(Cc3ccccc3)CC2)n1. The number of carbonyl (C=O) groups excluding carboxylic acids is 1. The van der Waals surface area contributed by atoms with Gasteiger partial charge in [0.15, 0.2) is 0 Å². The van der Waals surface area contributed by atoms with E-state index in [-0.39, 0.29) is 12.0 Å². The molecule has 1 N–H and O–H groups in total. The quantitative estimate of drug-likeness (QED) is 0.773. The molecule has 3 heterocycles. The number of nitrogens with one attached hydrogen (secondary N) is 1. The van der Waals surface area contributed by atoms with Crippen molar-refractivity contribution in [2.24, 2.45) is 0 Å². The van der Waals surface area contributed by atoms with Crippen LogP contribution in [0.2, 0.25) is 0 Å². The average molecular weight is 401 g/mol. The molecule has 2 aliphatic heterocycles. The highest BCUT2D eigenvalue weighted by Gasteiger charge is 2.20. The molecule has 2 aliphatic rings. The van der Waals surface area contributed by atoms with Crippen LogP contribution in [0.25, 0.3) is 0 Å². The molecule has 1 atom stereocenters. The number of piperazine rings is 1. The minimum Gasteiger partial charge on any atom is -0.376 e. The second-order valence-electron chi connectivity index (χ2n) is 7.51. The van der Waals surface area contributed by atoms with Crippen molar-refractivity contribution in [3.63, 3.8) is 0 Å². The van der Waals surface area contributed by atoms with Crippen LogP contribution in [0.5, 0.6) is 0 Å². The number of aromatic nitrogens is 1. The number of thiazole rings is 1. The maximum absolute atomic E-state index is 12.3. The fraction of sp³-hybridized carbons (Fsp3) is 0.524. The van der Waals surface area contributed by atoms with Gasteiger partial charge in [-0.1, -0.05) is 30.3 Å². The molecule has 1 aromatic heterocycles. The number of hydrogen-bond acceptors (Lipinski definition) is 6. The van der Waals surface area contributed by atoms with Crippen LogP contribution >= 0.6 is 11.3 Å². The first-order valence-electron chi connectivity index (χ1n) is 10.1. The Kier molecular flexibility index (Phi) is 6.69. The van der Waals surface area contributed by atoms with E-state index in [4.69, 9.17) is 4.74 Å². The second kappa shape index (κ2) is 9.60. The molecule has 1 aromatic carbocycles. The maximum atomic E-state index is 12.3. The lowest BCUT2D eigenvalue weighted by molar-refractivity contribution is 0.0853. The molecule has 150 valence electrons. The van der Waals surface area contributed by atoms with Crippen LogP contribution in [0.15, 0.2) is 35.7 Å². The summed E-state index contributed by atoms with van der Waals surface area (Å²) in [7, 11) is 0. The summed E-state index contributed by atoms with van der Waals surface area (Å²) in [6, 6.07) is 10.6. The predicted molar refractivity (Wildman–Crippen MR) is 110 cm³/mol. The van der Waals surface area contributed by atoms with Gasteiger partial charge in [-0.25, -0.2) is 4.98 Å². The largest absolute Gasteiger partial charge is 0.376 e. The van der Waals surface area contributed by atoms with E-state index in [1.54, 1.807) is 11.3 Å². The summed E-state index contributed by atoms with van der Waals surface area (Å²) in [5.41, 5.74) is 1.90. The van der Waals surface area contributed by atoms with E-state index in [1.807, 2.05) is 5.38 Å². The number of nitrogens with zero attached hydrogens (tertiary/aromatic N) is 3. The molecular weight excluding hydrogens is 372 g/mol. The number of ether oxygens (including phenoxy) is 1. The maximum Gasteiger partial charge on any atom is 0.270 e. The zero-order chi connectivity index (χ0) is 19.2. The van der Waals surface area contributed by atoms with Gasteiger partial charge >= 0.3 is 0 Å². The first-order chi connectivity index (χ1) is 13.8. The van der Waals surface area contributed by atoms with Gasteiger partial charge in [0.2, 0.25) is 0 Å². The monoisotopic (exact) mass is 400 g/mol. The van der Waals surface area contributed by atoms with E-state index >= 15 is 0 Å². The lowest BCUT2D eigenvalue weighted by atomic mass is 10.2. The molecule has 7 heteroatoms. The van der Waals surface area contributed by atoms with Crippen molar-refractivity contribution < 1.29 is 9.53 Å². The van der Waals surface area contributed by atoms with Crippen LogP contribution in [0.1, 0.15) is 33.9 Å². The second-order valence-corrected chi connectivity index (χ2v) is 8.45. The summed E-state index contributed by atoms with van der Waals surface area (Å²) < 4.78 is 5.55. The highest BCUT2D eigenvalue weighted by atomic mass is 32.1. The van der Waals surface area contributed by atoms with Gasteiger partial charge in [-0.15, -0.1) is 11.3 Å². The molecule has 0 saturated carbocycles. The third-order valence-corrected chi connectivity index (χ3v) is 6.21. The van der Waals surface area contributed by atoms with Crippen LogP contribution in [-0.2, 0) is 17.8 Å². The van der Waals surface area contributed by atoms with E-state index in [1.165, 1.54) is 5.56 Å². The lowest BCUT2D eigenvalue weighted by Gasteiger charge is -2.34. The van der Waals surface area contributed by atoms with Gasteiger partial charge in [0, 0.05) is 51.3 Å². The van der Waals surface area contributed by atoms with Crippen molar-refractivity contribution >= 4 is 17.2 Å². The standard InChI is InChI=1S/C21H28N4O2S/c26-21(22-13-18-7-4-12-27-18)19-16-28-20(23-19)15-25-10-8-24(9-11-25)14-17-5-2-1-3-6-17/h1-3,5-6,16,18H,4,7-15H2,(H,22,26)/t18-/m1/s1. The van der Waals surface area contributed by atoms with Crippen LogP contribution < -0.4 is 5.32 Å². The minimum atomic E-state index is -0.0920. The Balaban J connectivity index is 1.20. The van der Waals surface area contributed by atoms with Crippen LogP contribution in [-0.4, -0.2) is 66.1 Å². The topological polar surface area (TPSA) is 57.7 Å². The summed E-state index contributed by atoms with van der Waals surface area (Å²) in [5, 5.41) is 5.83. The third-order valence-electron chi connectivity index (χ3n) is 5.37. The first-order valence-corrected chi connectivity index (χ1v) is 11.0. The lowest BCUT2D eigenvalue weighted by Crippen LogP contribution is -2.45. The van der Waals surface area contributed by atoms with E-state index in [0.717, 1.165) is 63.7 Å². The molecule has 2 saturated heterocycles. The molecular formula is C21H28N4O2S. The fourth-order valence-corrected chi connectivity index (χ4v) is 4.54. The zero-order valence-electron chi connectivity index (χ0n) is 16.2. The molecule has 0 radical (unpaired) electrons. The Morgan fingerprint density at radius 1 is 1.14 bits per heavy atom. The van der Waals surface area contributed by atoms with Gasteiger partial charge in [-0.3, -0.25) is 14.6 Å². The molecule has 1 amide bonds. The van der Waals surface area contributed by atoms with Gasteiger partial charge in [0.05, 0.1) is 12.6 Å². The molecule has 0 bridgehead atoms. The normalized spacial score (nSPS) is 21.1. The molecule has 4 rings (SSSR count). The van der Waals surface area contributed by atoms with Gasteiger partial charge in [0.1, 0.15) is 10.7 Å². The van der Waals surface area contributed by atoms with E-state index in [0.29, 0.717) is 12.2 Å². The Labute approximate surface area is 170 Å². The van der Waals surface area contributed by atoms with Gasteiger partial charge in [0.25, 0.3) is 5.91 Å².